The molecule has 0 spiro atoms. The first-order valence-electron chi connectivity index (χ1n) is 40.5. The maximum absolute atomic E-state index is 6.48. The Labute approximate surface area is 804 Å². The van der Waals surface area contributed by atoms with Crippen LogP contribution in [0.2, 0.25) is 0 Å². The topological polar surface area (TPSA) is 114 Å². The SMILES string of the molecule is CCN(CC)C(=S)[S-].CN(C)C(=S)[S-].NC1CCCCC1[PH+](c1ccccc1)c1ccccc1.NC1CCCCC1[PH+](c1ccccc1)c1ccccc1.NC1CCCCC1[PH+](c1ccccc1)c1ccccc1.NC1CCCCC1[PH+](c1ccccc1)c1ccccc1.S=C([S-])N(Cc1ccccc1)Cc1ccccc1.[Au+].[Au+].[Au+].[Cl][Au]. The summed E-state index contributed by atoms with van der Waals surface area (Å²) in [4.78, 5) is 5.71. The number of thiocarbonyl (C=S) groups is 3. The average molecular weight is 2500 g/mol. The predicted molar refractivity (Wildman–Crippen MR) is 527 cm³/mol. The quantitative estimate of drug-likeness (QED) is 0.0283. The average Bonchev–Trinajstić information content (AvgIpc) is 0.824. The minimum atomic E-state index is -0.774. The van der Waals surface area contributed by atoms with Crippen molar-refractivity contribution in [2.75, 3.05) is 27.2 Å². The Morgan fingerprint density at radius 2 is 0.453 bits per heavy atom. The molecule has 10 aromatic rings. The second-order valence-corrected chi connectivity index (χ2v) is 43.5. The van der Waals surface area contributed by atoms with Crippen LogP contribution in [0.25, 0.3) is 0 Å². The standard InChI is InChI=1S/4C18H22NP.C15H15NS2.C5H11NS2.C3H7NS2.4Au.ClH/c4*19-17-13-7-8-14-18(17)20(15-9-3-1-4-10-15)16-11-5-2-6-12-16;17-15(18)16(11-13-7-3-1-4-8-13)12-14-9-5-2-6-10-14;1-3-6(4-2)5(7)8;1-4(2)3(5)6;;;;;/h4*1-6,9-12,17-18H,7-8,13-14,19H2;1-10H,11-12H2,(H,17,18);3-4H2,1-2H3,(H,7,8);1-2H3,(H,5,6);;;;;1H/q;;;;;;;4*+1;. The van der Waals surface area contributed by atoms with Gasteiger partial charge in [0.1, 0.15) is 0 Å². The van der Waals surface area contributed by atoms with E-state index in [1.165, 1.54) is 156 Å². The van der Waals surface area contributed by atoms with Gasteiger partial charge in [0.15, 0.2) is 0 Å². The number of nitrogens with two attached hydrogens (primary N) is 4. The summed E-state index contributed by atoms with van der Waals surface area (Å²) in [6, 6.07) is 110. The molecule has 22 heteroatoms. The molecule has 8 atom stereocenters. The molecule has 0 bridgehead atoms. The fraction of sp³-hybridized carbons (Fsp3) is 0.337. The van der Waals surface area contributed by atoms with Gasteiger partial charge in [0.2, 0.25) is 0 Å². The Morgan fingerprint density at radius 1 is 0.299 bits per heavy atom. The van der Waals surface area contributed by atoms with E-state index in [0.29, 0.717) is 59.8 Å². The van der Waals surface area contributed by atoms with Gasteiger partial charge in [0.25, 0.3) is 0 Å². The van der Waals surface area contributed by atoms with E-state index in [2.05, 4.69) is 301 Å². The maximum atomic E-state index is 6.48. The zero-order chi connectivity index (χ0) is 81.7. The van der Waals surface area contributed by atoms with Crippen LogP contribution >= 0.6 is 77.5 Å². The molecule has 640 valence electrons. The van der Waals surface area contributed by atoms with Gasteiger partial charge in [0, 0.05) is 64.4 Å². The molecule has 0 aliphatic heterocycles. The minimum absolute atomic E-state index is 0. The molecule has 8 N–H and O–H groups in total. The van der Waals surface area contributed by atoms with Crippen LogP contribution in [-0.4, -0.2) is 102 Å². The van der Waals surface area contributed by atoms with Crippen molar-refractivity contribution in [3.8, 4) is 0 Å². The summed E-state index contributed by atoms with van der Waals surface area (Å²) >= 11 is 30.7. The molecule has 4 saturated carbocycles. The first-order chi connectivity index (χ1) is 55.6. The van der Waals surface area contributed by atoms with E-state index in [9.17, 15) is 0 Å². The van der Waals surface area contributed by atoms with Crippen LogP contribution in [0.15, 0.2) is 303 Å². The monoisotopic (exact) mass is 2500 g/mol. The van der Waals surface area contributed by atoms with Crippen molar-refractivity contribution < 1.29 is 87.1 Å². The normalized spacial score (nSPS) is 18.2. The van der Waals surface area contributed by atoms with E-state index in [4.69, 9.17) is 72.6 Å². The Hall–Kier alpha value is -2.66. The van der Waals surface area contributed by atoms with Crippen molar-refractivity contribution in [1.29, 1.82) is 0 Å². The molecule has 7 nitrogen and oxygen atoms in total. The van der Waals surface area contributed by atoms with E-state index >= 15 is 0 Å². The van der Waals surface area contributed by atoms with E-state index in [1.807, 2.05) is 74.1 Å². The summed E-state index contributed by atoms with van der Waals surface area (Å²) in [6.07, 6.45) is 20.5. The van der Waals surface area contributed by atoms with Crippen molar-refractivity contribution in [3.05, 3.63) is 314 Å². The van der Waals surface area contributed by atoms with Gasteiger partial charge < -0.3 is 112 Å². The molecule has 4 fully saturated rings. The van der Waals surface area contributed by atoms with Gasteiger partial charge in [-0.05, 0) is 199 Å². The molecule has 14 rings (SSSR count). The number of halogens is 1. The van der Waals surface area contributed by atoms with Crippen LogP contribution in [0.4, 0.5) is 0 Å². The summed E-state index contributed by atoms with van der Waals surface area (Å²) in [6.45, 7) is 7.47. The van der Waals surface area contributed by atoms with Crippen molar-refractivity contribution in [1.82, 2.24) is 14.7 Å². The zero-order valence-corrected chi connectivity index (χ0v) is 86.1. The Balaban J connectivity index is 0.000000292. The predicted octanol–water partition coefficient (Wildman–Crippen LogP) is 18.2. The summed E-state index contributed by atoms with van der Waals surface area (Å²) in [5.41, 5.74) is 31.0. The van der Waals surface area contributed by atoms with Crippen LogP contribution in [-0.2, 0) is 138 Å². The van der Waals surface area contributed by atoms with Crippen molar-refractivity contribution in [3.63, 3.8) is 0 Å². The second-order valence-electron chi connectivity index (χ2n) is 29.5. The van der Waals surface area contributed by atoms with Gasteiger partial charge in [-0.3, -0.25) is 0 Å². The summed E-state index contributed by atoms with van der Waals surface area (Å²) in [5.74, 6) is 0. The molecule has 117 heavy (non-hydrogen) atoms. The first kappa shape index (κ1) is 107. The molecular formula is C95H122Au4ClN7P4S6+4. The summed E-state index contributed by atoms with van der Waals surface area (Å²) in [5, 5.41) is 12.0. The molecule has 4 aliphatic carbocycles. The summed E-state index contributed by atoms with van der Waals surface area (Å²) in [7, 11) is 5.14. The Bertz CT molecular complexity index is 3590. The van der Waals surface area contributed by atoms with Crippen LogP contribution in [0.3, 0.4) is 0 Å². The molecule has 0 radical (unpaired) electrons. The molecule has 10 aromatic carbocycles. The number of hydrogen-bond acceptors (Lipinski definition) is 10. The number of benzene rings is 10. The third-order valence-corrected chi connectivity index (χ3v) is 36.8. The van der Waals surface area contributed by atoms with Gasteiger partial charge in [0.05, 0.1) is 96.8 Å². The number of nitrogens with zero attached hydrogens (tertiary/aromatic N) is 3. The van der Waals surface area contributed by atoms with Crippen LogP contribution in [0.1, 0.15) is 128 Å². The number of hydrogen-bond donors (Lipinski definition) is 4. The van der Waals surface area contributed by atoms with Crippen LogP contribution < -0.4 is 65.4 Å². The van der Waals surface area contributed by atoms with Gasteiger partial charge in [-0.1, -0.05) is 245 Å². The Kier molecular flexibility index (Phi) is 56.9. The van der Waals surface area contributed by atoms with Crippen LogP contribution in [0, 0.1) is 0 Å². The van der Waals surface area contributed by atoms with E-state index in [0.717, 1.165) is 26.2 Å². The molecular weight excluding hydrogens is 2380 g/mol. The molecule has 0 saturated heterocycles. The van der Waals surface area contributed by atoms with Crippen molar-refractivity contribution in [2.24, 2.45) is 22.9 Å². The second kappa shape index (κ2) is 62.5. The van der Waals surface area contributed by atoms with Crippen LogP contribution in [0.5, 0.6) is 0 Å². The molecule has 0 amide bonds. The third kappa shape index (κ3) is 37.6. The van der Waals surface area contributed by atoms with Gasteiger partial charge in [-0.2, -0.15) is 0 Å². The molecule has 0 aromatic heterocycles. The van der Waals surface area contributed by atoms with Crippen molar-refractivity contribution in [2.45, 2.75) is 176 Å². The third-order valence-electron chi connectivity index (χ3n) is 21.5. The fourth-order valence-corrected chi connectivity index (χ4v) is 30.0. The van der Waals surface area contributed by atoms with E-state index in [1.54, 1.807) is 24.9 Å². The molecule has 0 heterocycles. The van der Waals surface area contributed by atoms with E-state index in [-0.39, 0.29) is 67.1 Å². The van der Waals surface area contributed by atoms with Gasteiger partial charge in [-0.25, -0.2) is 0 Å². The fourth-order valence-electron chi connectivity index (χ4n) is 15.7. The zero-order valence-electron chi connectivity index (χ0n) is 67.8. The molecule has 8 unspecified atom stereocenters. The van der Waals surface area contributed by atoms with Gasteiger partial charge >= 0.3 is 96.3 Å². The number of rotatable bonds is 18. The molecule has 4 aliphatic rings. The Morgan fingerprint density at radius 3 is 0.581 bits per heavy atom. The van der Waals surface area contributed by atoms with Crippen molar-refractivity contribution >= 4 is 171 Å². The first-order valence-corrected chi connectivity index (χ1v) is 51.9. The van der Waals surface area contributed by atoms with E-state index < -0.39 is 31.7 Å². The van der Waals surface area contributed by atoms with Gasteiger partial charge in [-0.15, -0.1) is 0 Å². The summed E-state index contributed by atoms with van der Waals surface area (Å²) < 4.78 is 1.60.